The van der Waals surface area contributed by atoms with Crippen molar-refractivity contribution in [1.29, 1.82) is 0 Å². The molecule has 3 rings (SSSR count). The highest BCUT2D eigenvalue weighted by molar-refractivity contribution is 6.30. The van der Waals surface area contributed by atoms with Gasteiger partial charge in [0.25, 0.3) is 5.91 Å². The summed E-state index contributed by atoms with van der Waals surface area (Å²) in [6.45, 7) is 4.26. The lowest BCUT2D eigenvalue weighted by Crippen LogP contribution is -2.20. The quantitative estimate of drug-likeness (QED) is 0.656. The monoisotopic (exact) mass is 387 g/mol. The van der Waals surface area contributed by atoms with Crippen molar-refractivity contribution >= 4 is 23.3 Å². The molecule has 0 aliphatic heterocycles. The van der Waals surface area contributed by atoms with Gasteiger partial charge in [0.15, 0.2) is 12.3 Å². The van der Waals surface area contributed by atoms with Gasteiger partial charge in [0.1, 0.15) is 11.5 Å². The van der Waals surface area contributed by atoms with Crippen LogP contribution < -0.4 is 14.8 Å². The Hall–Kier alpha value is -3.06. The summed E-state index contributed by atoms with van der Waals surface area (Å²) >= 11 is 5.81. The van der Waals surface area contributed by atoms with Crippen molar-refractivity contribution in [3.05, 3.63) is 53.1 Å². The minimum Gasteiger partial charge on any atom is -0.494 e. The van der Waals surface area contributed by atoms with E-state index in [-0.39, 0.29) is 18.3 Å². The Labute approximate surface area is 161 Å². The molecule has 7 nitrogen and oxygen atoms in total. The lowest BCUT2D eigenvalue weighted by molar-refractivity contribution is -0.118. The SMILES string of the molecule is CCOc1ccc(-c2nonc2NC(=O)COc2ccc(Cl)cc2)cc1C. The van der Waals surface area contributed by atoms with Gasteiger partial charge in [0.05, 0.1) is 6.61 Å². The van der Waals surface area contributed by atoms with Crippen LogP contribution in [0.2, 0.25) is 5.02 Å². The van der Waals surface area contributed by atoms with Crippen molar-refractivity contribution in [3.63, 3.8) is 0 Å². The van der Waals surface area contributed by atoms with E-state index >= 15 is 0 Å². The van der Waals surface area contributed by atoms with Crippen LogP contribution in [0.4, 0.5) is 5.82 Å². The standard InChI is InChI=1S/C19H18ClN3O4/c1-3-25-16-9-4-13(10-12(16)2)18-19(23-27-22-18)21-17(24)11-26-15-7-5-14(20)6-8-15/h4-10H,3,11H2,1-2H3,(H,21,23,24). The number of carbonyl (C=O) groups is 1. The van der Waals surface area contributed by atoms with Gasteiger partial charge in [-0.1, -0.05) is 11.6 Å². The van der Waals surface area contributed by atoms with E-state index in [0.717, 1.165) is 16.9 Å². The van der Waals surface area contributed by atoms with Gasteiger partial charge in [0.2, 0.25) is 5.82 Å². The van der Waals surface area contributed by atoms with E-state index in [0.29, 0.717) is 23.1 Å². The number of hydrogen-bond acceptors (Lipinski definition) is 6. The van der Waals surface area contributed by atoms with Gasteiger partial charge in [-0.3, -0.25) is 4.79 Å². The molecule has 0 unspecified atom stereocenters. The molecule has 0 radical (unpaired) electrons. The van der Waals surface area contributed by atoms with Crippen LogP contribution in [-0.2, 0) is 4.79 Å². The maximum Gasteiger partial charge on any atom is 0.263 e. The molecule has 140 valence electrons. The molecule has 0 aliphatic rings. The zero-order valence-electron chi connectivity index (χ0n) is 14.9. The molecule has 1 amide bonds. The van der Waals surface area contributed by atoms with Crippen LogP contribution in [0.25, 0.3) is 11.3 Å². The second-order valence-corrected chi connectivity index (χ2v) is 6.10. The first kappa shape index (κ1) is 18.7. The predicted molar refractivity (Wildman–Crippen MR) is 101 cm³/mol. The second-order valence-electron chi connectivity index (χ2n) is 5.67. The van der Waals surface area contributed by atoms with Gasteiger partial charge in [-0.15, -0.1) is 0 Å². The summed E-state index contributed by atoms with van der Waals surface area (Å²) in [5.41, 5.74) is 2.13. The van der Waals surface area contributed by atoms with Gasteiger partial charge in [0, 0.05) is 10.6 Å². The second kappa shape index (κ2) is 8.55. The van der Waals surface area contributed by atoms with E-state index in [1.165, 1.54) is 0 Å². The highest BCUT2D eigenvalue weighted by Crippen LogP contribution is 2.29. The number of ether oxygens (including phenoxy) is 2. The van der Waals surface area contributed by atoms with Gasteiger partial charge < -0.3 is 14.8 Å². The fourth-order valence-electron chi connectivity index (χ4n) is 2.42. The molecule has 27 heavy (non-hydrogen) atoms. The molecule has 0 saturated heterocycles. The Balaban J connectivity index is 1.67. The first-order valence-corrected chi connectivity index (χ1v) is 8.69. The molecule has 0 aliphatic carbocycles. The number of aryl methyl sites for hydroxylation is 1. The van der Waals surface area contributed by atoms with E-state index < -0.39 is 0 Å². The van der Waals surface area contributed by atoms with E-state index in [1.54, 1.807) is 24.3 Å². The van der Waals surface area contributed by atoms with Crippen molar-refractivity contribution in [2.24, 2.45) is 0 Å². The Morgan fingerprint density at radius 1 is 1.15 bits per heavy atom. The number of anilines is 1. The molecule has 8 heteroatoms. The third-order valence-corrected chi connectivity index (χ3v) is 3.93. The molecule has 0 fully saturated rings. The van der Waals surface area contributed by atoms with Crippen LogP contribution >= 0.6 is 11.6 Å². The fourth-order valence-corrected chi connectivity index (χ4v) is 2.55. The number of aromatic nitrogens is 2. The summed E-state index contributed by atoms with van der Waals surface area (Å²) in [5, 5.41) is 10.9. The molecular weight excluding hydrogens is 370 g/mol. The third kappa shape index (κ3) is 4.77. The van der Waals surface area contributed by atoms with Crippen molar-refractivity contribution in [1.82, 2.24) is 10.3 Å². The Morgan fingerprint density at radius 2 is 1.93 bits per heavy atom. The molecule has 0 spiro atoms. The predicted octanol–water partition coefficient (Wildman–Crippen LogP) is 4.11. The Morgan fingerprint density at radius 3 is 2.63 bits per heavy atom. The minimum atomic E-state index is -0.385. The normalized spacial score (nSPS) is 10.5. The molecule has 1 N–H and O–H groups in total. The van der Waals surface area contributed by atoms with Gasteiger partial charge >= 0.3 is 0 Å². The molecule has 0 atom stereocenters. The number of nitrogens with one attached hydrogen (secondary N) is 1. The molecule has 0 saturated carbocycles. The fraction of sp³-hybridized carbons (Fsp3) is 0.211. The smallest absolute Gasteiger partial charge is 0.263 e. The first-order valence-electron chi connectivity index (χ1n) is 8.31. The number of halogens is 1. The van der Waals surface area contributed by atoms with Crippen molar-refractivity contribution in [2.45, 2.75) is 13.8 Å². The number of benzene rings is 2. The van der Waals surface area contributed by atoms with Crippen LogP contribution in [0.1, 0.15) is 12.5 Å². The number of rotatable bonds is 7. The number of amides is 1. The van der Waals surface area contributed by atoms with Crippen molar-refractivity contribution < 1.29 is 18.9 Å². The van der Waals surface area contributed by atoms with Crippen LogP contribution in [0, 0.1) is 6.92 Å². The topological polar surface area (TPSA) is 86.5 Å². The van der Waals surface area contributed by atoms with Crippen LogP contribution in [0.5, 0.6) is 11.5 Å². The summed E-state index contributed by atoms with van der Waals surface area (Å²) in [6.07, 6.45) is 0. The third-order valence-electron chi connectivity index (χ3n) is 3.68. The number of nitrogens with zero attached hydrogens (tertiary/aromatic N) is 2. The average Bonchev–Trinajstić information content (AvgIpc) is 3.11. The molecular formula is C19H18ClN3O4. The molecule has 0 bridgehead atoms. The van der Waals surface area contributed by atoms with Crippen molar-refractivity contribution in [3.8, 4) is 22.8 Å². The zero-order valence-corrected chi connectivity index (χ0v) is 15.6. The Bertz CT molecular complexity index is 925. The molecule has 1 aromatic heterocycles. The lowest BCUT2D eigenvalue weighted by Gasteiger charge is -2.09. The Kier molecular flexibility index (Phi) is 5.93. The van der Waals surface area contributed by atoms with E-state index in [2.05, 4.69) is 15.6 Å². The van der Waals surface area contributed by atoms with Gasteiger partial charge in [-0.2, -0.15) is 0 Å². The molecule has 3 aromatic rings. The van der Waals surface area contributed by atoms with E-state index in [4.69, 9.17) is 25.7 Å². The van der Waals surface area contributed by atoms with Crippen LogP contribution in [0.15, 0.2) is 47.1 Å². The molecule has 2 aromatic carbocycles. The van der Waals surface area contributed by atoms with Gasteiger partial charge in [-0.05, 0) is 72.2 Å². The first-order chi connectivity index (χ1) is 13.1. The largest absolute Gasteiger partial charge is 0.494 e. The summed E-state index contributed by atoms with van der Waals surface area (Å²) in [4.78, 5) is 12.1. The van der Waals surface area contributed by atoms with Crippen LogP contribution in [0.3, 0.4) is 0 Å². The molecule has 1 heterocycles. The van der Waals surface area contributed by atoms with Crippen molar-refractivity contribution in [2.75, 3.05) is 18.5 Å². The maximum atomic E-state index is 12.1. The summed E-state index contributed by atoms with van der Waals surface area (Å²) in [6, 6.07) is 12.3. The summed E-state index contributed by atoms with van der Waals surface area (Å²) < 4.78 is 15.7. The minimum absolute atomic E-state index is 0.184. The highest BCUT2D eigenvalue weighted by Gasteiger charge is 2.16. The average molecular weight is 388 g/mol. The zero-order chi connectivity index (χ0) is 19.2. The number of carbonyl (C=O) groups excluding carboxylic acids is 1. The summed E-state index contributed by atoms with van der Waals surface area (Å²) in [7, 11) is 0. The van der Waals surface area contributed by atoms with Gasteiger partial charge in [-0.25, -0.2) is 4.63 Å². The number of hydrogen-bond donors (Lipinski definition) is 1. The van der Waals surface area contributed by atoms with Crippen LogP contribution in [-0.4, -0.2) is 29.4 Å². The maximum absolute atomic E-state index is 12.1. The summed E-state index contributed by atoms with van der Waals surface area (Å²) in [5.74, 6) is 1.17. The van der Waals surface area contributed by atoms with E-state index in [1.807, 2.05) is 32.0 Å². The van der Waals surface area contributed by atoms with E-state index in [9.17, 15) is 4.79 Å². The highest BCUT2D eigenvalue weighted by atomic mass is 35.5. The lowest BCUT2D eigenvalue weighted by atomic mass is 10.1.